The summed E-state index contributed by atoms with van der Waals surface area (Å²) in [5.74, 6) is 2.30. The Bertz CT molecular complexity index is 595. The van der Waals surface area contributed by atoms with E-state index in [1.165, 1.54) is 0 Å². The summed E-state index contributed by atoms with van der Waals surface area (Å²) >= 11 is 0. The van der Waals surface area contributed by atoms with Crippen molar-refractivity contribution in [3.8, 4) is 23.3 Å². The molecule has 4 nitrogen and oxygen atoms in total. The van der Waals surface area contributed by atoms with Crippen LogP contribution in [0.1, 0.15) is 0 Å². The van der Waals surface area contributed by atoms with Crippen LogP contribution in [0.3, 0.4) is 0 Å². The van der Waals surface area contributed by atoms with Gasteiger partial charge in [-0.3, -0.25) is 0 Å². The molecule has 2 aromatic carbocycles. The van der Waals surface area contributed by atoms with E-state index in [1.54, 1.807) is 12.1 Å². The lowest BCUT2D eigenvalue weighted by atomic mass is 10.3. The average molecular weight is 264 g/mol. The molecule has 0 bridgehead atoms. The number of hydrogen-bond donors (Lipinski definition) is 0. The third-order valence-corrected chi connectivity index (χ3v) is 2.55. The summed E-state index contributed by atoms with van der Waals surface area (Å²) in [5, 5.41) is 7.95. The molecule has 20 heavy (non-hydrogen) atoms. The fourth-order valence-corrected chi connectivity index (χ4v) is 1.64. The van der Waals surface area contributed by atoms with Crippen molar-refractivity contribution in [1.29, 1.82) is 0 Å². The van der Waals surface area contributed by atoms with Crippen molar-refractivity contribution < 1.29 is 9.47 Å². The van der Waals surface area contributed by atoms with E-state index in [0.717, 1.165) is 11.5 Å². The van der Waals surface area contributed by atoms with Gasteiger partial charge in [0, 0.05) is 12.1 Å². The van der Waals surface area contributed by atoms with Crippen molar-refractivity contribution in [2.75, 3.05) is 0 Å². The van der Waals surface area contributed by atoms with Gasteiger partial charge in [-0.05, 0) is 24.3 Å². The SMILES string of the molecule is c1ccc(Oc2ccc(Oc3ccccc3)nn2)cc1. The van der Waals surface area contributed by atoms with Crippen molar-refractivity contribution in [3.63, 3.8) is 0 Å². The quantitative estimate of drug-likeness (QED) is 0.712. The van der Waals surface area contributed by atoms with Crippen LogP contribution in [0.5, 0.6) is 23.3 Å². The van der Waals surface area contributed by atoms with Gasteiger partial charge in [-0.1, -0.05) is 36.4 Å². The Kier molecular flexibility index (Phi) is 3.55. The molecule has 0 unspecified atom stereocenters. The van der Waals surface area contributed by atoms with Crippen LogP contribution in [0.25, 0.3) is 0 Å². The zero-order chi connectivity index (χ0) is 13.6. The average Bonchev–Trinajstić information content (AvgIpc) is 2.51. The van der Waals surface area contributed by atoms with Crippen LogP contribution in [0.4, 0.5) is 0 Å². The third-order valence-electron chi connectivity index (χ3n) is 2.55. The van der Waals surface area contributed by atoms with Gasteiger partial charge in [0.2, 0.25) is 11.8 Å². The van der Waals surface area contributed by atoms with Crippen molar-refractivity contribution in [3.05, 3.63) is 72.8 Å². The highest BCUT2D eigenvalue weighted by Crippen LogP contribution is 2.21. The largest absolute Gasteiger partial charge is 0.438 e. The van der Waals surface area contributed by atoms with Gasteiger partial charge in [0.1, 0.15) is 11.5 Å². The van der Waals surface area contributed by atoms with Crippen molar-refractivity contribution in [2.24, 2.45) is 0 Å². The predicted molar refractivity (Wildman–Crippen MR) is 75.1 cm³/mol. The maximum absolute atomic E-state index is 5.55. The van der Waals surface area contributed by atoms with Crippen molar-refractivity contribution in [2.45, 2.75) is 0 Å². The van der Waals surface area contributed by atoms with Crippen LogP contribution in [0.2, 0.25) is 0 Å². The molecule has 3 aromatic rings. The van der Waals surface area contributed by atoms with Crippen LogP contribution in [-0.4, -0.2) is 10.2 Å². The van der Waals surface area contributed by atoms with E-state index in [4.69, 9.17) is 9.47 Å². The standard InChI is InChI=1S/C16H12N2O2/c1-3-7-13(8-4-1)19-15-11-12-16(18-17-15)20-14-9-5-2-6-10-14/h1-12H. The monoisotopic (exact) mass is 264 g/mol. The van der Waals surface area contributed by atoms with Gasteiger partial charge in [0.25, 0.3) is 0 Å². The summed E-state index contributed by atoms with van der Waals surface area (Å²) in [6.45, 7) is 0. The van der Waals surface area contributed by atoms with Gasteiger partial charge in [-0.25, -0.2) is 0 Å². The molecule has 3 rings (SSSR count). The Labute approximate surface area is 116 Å². The van der Waals surface area contributed by atoms with Crippen LogP contribution in [-0.2, 0) is 0 Å². The molecule has 0 aliphatic heterocycles. The highest BCUT2D eigenvalue weighted by atomic mass is 16.5. The van der Waals surface area contributed by atoms with Crippen molar-refractivity contribution in [1.82, 2.24) is 10.2 Å². The first kappa shape index (κ1) is 12.2. The molecule has 0 amide bonds. The maximum atomic E-state index is 5.55. The summed E-state index contributed by atoms with van der Waals surface area (Å²) in [6.07, 6.45) is 0. The Morgan fingerprint density at radius 1 is 0.500 bits per heavy atom. The van der Waals surface area contributed by atoms with Crippen LogP contribution in [0, 0.1) is 0 Å². The number of para-hydroxylation sites is 2. The molecule has 0 spiro atoms. The number of rotatable bonds is 4. The number of hydrogen-bond acceptors (Lipinski definition) is 4. The van der Waals surface area contributed by atoms with E-state index >= 15 is 0 Å². The van der Waals surface area contributed by atoms with Crippen molar-refractivity contribution >= 4 is 0 Å². The fraction of sp³-hybridized carbons (Fsp3) is 0. The van der Waals surface area contributed by atoms with E-state index in [9.17, 15) is 0 Å². The lowest BCUT2D eigenvalue weighted by Crippen LogP contribution is -1.93. The number of ether oxygens (including phenoxy) is 2. The highest BCUT2D eigenvalue weighted by molar-refractivity contribution is 5.29. The van der Waals surface area contributed by atoms with Gasteiger partial charge >= 0.3 is 0 Å². The van der Waals surface area contributed by atoms with Gasteiger partial charge in [0.05, 0.1) is 0 Å². The molecule has 0 radical (unpaired) electrons. The molecular formula is C16H12N2O2. The predicted octanol–water partition coefficient (Wildman–Crippen LogP) is 4.06. The molecule has 98 valence electrons. The summed E-state index contributed by atoms with van der Waals surface area (Å²) in [5.41, 5.74) is 0. The molecule has 0 saturated carbocycles. The number of benzene rings is 2. The maximum Gasteiger partial charge on any atom is 0.239 e. The van der Waals surface area contributed by atoms with Crippen LogP contribution >= 0.6 is 0 Å². The van der Waals surface area contributed by atoms with Crippen LogP contribution < -0.4 is 9.47 Å². The normalized spacial score (nSPS) is 10.0. The first-order chi connectivity index (χ1) is 9.90. The lowest BCUT2D eigenvalue weighted by molar-refractivity contribution is 0.427. The van der Waals surface area contributed by atoms with Crippen LogP contribution in [0.15, 0.2) is 72.8 Å². The van der Waals surface area contributed by atoms with Gasteiger partial charge < -0.3 is 9.47 Å². The van der Waals surface area contributed by atoms with E-state index < -0.39 is 0 Å². The molecule has 1 heterocycles. The van der Waals surface area contributed by atoms with Gasteiger partial charge in [-0.2, -0.15) is 0 Å². The summed E-state index contributed by atoms with van der Waals surface area (Å²) in [7, 11) is 0. The Hall–Kier alpha value is -2.88. The highest BCUT2D eigenvalue weighted by Gasteiger charge is 2.02. The second kappa shape index (κ2) is 5.84. The second-order valence-electron chi connectivity index (χ2n) is 4.04. The molecule has 0 atom stereocenters. The van der Waals surface area contributed by atoms with E-state index in [-0.39, 0.29) is 0 Å². The Morgan fingerprint density at radius 2 is 0.900 bits per heavy atom. The molecule has 0 aliphatic carbocycles. The molecule has 0 aliphatic rings. The fourth-order valence-electron chi connectivity index (χ4n) is 1.64. The van der Waals surface area contributed by atoms with E-state index in [2.05, 4.69) is 10.2 Å². The van der Waals surface area contributed by atoms with E-state index in [0.29, 0.717) is 11.8 Å². The van der Waals surface area contributed by atoms with E-state index in [1.807, 2.05) is 60.7 Å². The first-order valence-corrected chi connectivity index (χ1v) is 6.20. The molecule has 0 fully saturated rings. The smallest absolute Gasteiger partial charge is 0.239 e. The third kappa shape index (κ3) is 3.11. The molecule has 0 N–H and O–H groups in total. The second-order valence-corrected chi connectivity index (χ2v) is 4.04. The molecule has 4 heteroatoms. The topological polar surface area (TPSA) is 44.2 Å². The Morgan fingerprint density at radius 3 is 1.25 bits per heavy atom. The van der Waals surface area contributed by atoms with Gasteiger partial charge in [-0.15, -0.1) is 10.2 Å². The first-order valence-electron chi connectivity index (χ1n) is 6.20. The molecule has 0 saturated heterocycles. The minimum absolute atomic E-state index is 0.427. The Balaban J connectivity index is 1.69. The van der Waals surface area contributed by atoms with Gasteiger partial charge in [0.15, 0.2) is 0 Å². The number of nitrogens with zero attached hydrogens (tertiary/aromatic N) is 2. The minimum atomic E-state index is 0.427. The summed E-state index contributed by atoms with van der Waals surface area (Å²) < 4.78 is 11.1. The summed E-state index contributed by atoms with van der Waals surface area (Å²) in [4.78, 5) is 0. The zero-order valence-electron chi connectivity index (χ0n) is 10.6. The molecular weight excluding hydrogens is 252 g/mol. The lowest BCUT2D eigenvalue weighted by Gasteiger charge is -2.05. The zero-order valence-corrected chi connectivity index (χ0v) is 10.6. The summed E-state index contributed by atoms with van der Waals surface area (Å²) in [6, 6.07) is 22.3. The minimum Gasteiger partial charge on any atom is -0.438 e. The number of aromatic nitrogens is 2. The molecule has 1 aromatic heterocycles.